The number of aryl methyl sites for hydroxylation is 1. The number of halogens is 1. The highest BCUT2D eigenvalue weighted by atomic mass is 35.5. The average Bonchev–Trinajstić information content (AvgIpc) is 3.30. The molecule has 1 saturated heterocycles. The van der Waals surface area contributed by atoms with Crippen LogP contribution in [-0.2, 0) is 23.1 Å². The molecule has 2 heterocycles. The lowest BCUT2D eigenvalue weighted by Gasteiger charge is -2.33. The van der Waals surface area contributed by atoms with Crippen LogP contribution in [0.1, 0.15) is 49.2 Å². The number of carbonyl (C=O) groups is 1. The minimum Gasteiger partial charge on any atom is -0.494 e. The fourth-order valence-corrected chi connectivity index (χ4v) is 4.47. The largest absolute Gasteiger partial charge is 0.494 e. The summed E-state index contributed by atoms with van der Waals surface area (Å²) in [6.07, 6.45) is 0.888. The highest BCUT2D eigenvalue weighted by Crippen LogP contribution is 2.40. The van der Waals surface area contributed by atoms with Crippen molar-refractivity contribution in [1.29, 1.82) is 0 Å². The van der Waals surface area contributed by atoms with Gasteiger partial charge in [-0.15, -0.1) is 10.2 Å². The summed E-state index contributed by atoms with van der Waals surface area (Å²) in [5.41, 5.74) is 4.07. The van der Waals surface area contributed by atoms with E-state index in [2.05, 4.69) is 48.0 Å². The molecule has 0 N–H and O–H groups in total. The summed E-state index contributed by atoms with van der Waals surface area (Å²) in [6.45, 7) is 11.1. The number of rotatable bonds is 7. The molecule has 0 spiro atoms. The standard InChI is InChI=1S/C26H32ClN5O3/c1-6-17-7-8-19(21(27)13-17)25-28-30-32(29-25)16-23(33)18-14-20(26(2,3)4)24(34-5)22(15-18)31-9-11-35-12-10-31/h7-8,13-15H,6,9-12,16H2,1-5H3. The van der Waals surface area contributed by atoms with Crippen LogP contribution in [0.15, 0.2) is 30.3 Å². The minimum atomic E-state index is -0.219. The lowest BCUT2D eigenvalue weighted by atomic mass is 9.84. The van der Waals surface area contributed by atoms with Gasteiger partial charge in [-0.2, -0.15) is 4.80 Å². The Morgan fingerprint density at radius 2 is 1.91 bits per heavy atom. The van der Waals surface area contributed by atoms with Gasteiger partial charge in [0.15, 0.2) is 5.78 Å². The van der Waals surface area contributed by atoms with Crippen molar-refractivity contribution in [3.8, 4) is 17.1 Å². The first-order valence-corrected chi connectivity index (χ1v) is 12.2. The number of ketones is 1. The number of nitrogens with zero attached hydrogens (tertiary/aromatic N) is 5. The first-order chi connectivity index (χ1) is 16.7. The van der Waals surface area contributed by atoms with Crippen molar-refractivity contribution >= 4 is 23.1 Å². The molecule has 1 aromatic heterocycles. The molecule has 35 heavy (non-hydrogen) atoms. The first-order valence-electron chi connectivity index (χ1n) is 11.9. The summed E-state index contributed by atoms with van der Waals surface area (Å²) in [7, 11) is 1.68. The summed E-state index contributed by atoms with van der Waals surface area (Å²) in [4.78, 5) is 16.9. The molecule has 0 amide bonds. The van der Waals surface area contributed by atoms with Crippen LogP contribution >= 0.6 is 11.6 Å². The zero-order valence-corrected chi connectivity index (χ0v) is 21.7. The Bertz CT molecular complexity index is 1210. The van der Waals surface area contributed by atoms with Crippen LogP contribution in [0.5, 0.6) is 5.75 Å². The molecule has 3 aromatic rings. The van der Waals surface area contributed by atoms with Crippen LogP contribution in [0.2, 0.25) is 5.02 Å². The Hall–Kier alpha value is -2.97. The Kier molecular flexibility index (Phi) is 7.42. The van der Waals surface area contributed by atoms with E-state index in [0.29, 0.717) is 35.2 Å². The van der Waals surface area contributed by atoms with Crippen molar-refractivity contribution in [2.75, 3.05) is 38.3 Å². The molecule has 9 heteroatoms. The maximum absolute atomic E-state index is 13.4. The van der Waals surface area contributed by atoms with Crippen molar-refractivity contribution < 1.29 is 14.3 Å². The smallest absolute Gasteiger partial charge is 0.206 e. The Morgan fingerprint density at radius 1 is 1.17 bits per heavy atom. The van der Waals surface area contributed by atoms with E-state index in [9.17, 15) is 4.79 Å². The SMILES string of the molecule is CCc1ccc(-c2nnn(CC(=O)c3cc(N4CCOCC4)c(OC)c(C(C)(C)C)c3)n2)c(Cl)c1. The molecule has 0 radical (unpaired) electrons. The van der Waals surface area contributed by atoms with Gasteiger partial charge in [-0.05, 0) is 46.9 Å². The summed E-state index contributed by atoms with van der Waals surface area (Å²) < 4.78 is 11.4. The van der Waals surface area contributed by atoms with E-state index in [4.69, 9.17) is 21.1 Å². The highest BCUT2D eigenvalue weighted by molar-refractivity contribution is 6.33. The molecule has 1 fully saturated rings. The van der Waals surface area contributed by atoms with Gasteiger partial charge in [0.1, 0.15) is 12.3 Å². The quantitative estimate of drug-likeness (QED) is 0.442. The van der Waals surface area contributed by atoms with E-state index in [-0.39, 0.29) is 17.7 Å². The Labute approximate surface area is 211 Å². The second-order valence-electron chi connectivity index (χ2n) is 9.66. The number of carbonyl (C=O) groups excluding carboxylic acids is 1. The molecule has 0 atom stereocenters. The van der Waals surface area contributed by atoms with Crippen molar-refractivity contribution in [1.82, 2.24) is 20.2 Å². The Morgan fingerprint density at radius 3 is 2.54 bits per heavy atom. The summed E-state index contributed by atoms with van der Waals surface area (Å²) in [6, 6.07) is 9.61. The van der Waals surface area contributed by atoms with Gasteiger partial charge in [0.25, 0.3) is 0 Å². The van der Waals surface area contributed by atoms with Crippen LogP contribution < -0.4 is 9.64 Å². The number of aromatic nitrogens is 4. The summed E-state index contributed by atoms with van der Waals surface area (Å²) >= 11 is 6.42. The van der Waals surface area contributed by atoms with Gasteiger partial charge in [-0.3, -0.25) is 4.79 Å². The zero-order valence-electron chi connectivity index (χ0n) is 21.0. The second kappa shape index (κ2) is 10.3. The van der Waals surface area contributed by atoms with Crippen LogP contribution in [0.3, 0.4) is 0 Å². The molecule has 0 aliphatic carbocycles. The molecular weight excluding hydrogens is 466 g/mol. The maximum atomic E-state index is 13.4. The summed E-state index contributed by atoms with van der Waals surface area (Å²) in [5.74, 6) is 1.08. The topological polar surface area (TPSA) is 82.4 Å². The van der Waals surface area contributed by atoms with Crippen LogP contribution in [-0.4, -0.2) is 59.4 Å². The molecule has 186 valence electrons. The number of tetrazole rings is 1. The van der Waals surface area contributed by atoms with Gasteiger partial charge < -0.3 is 14.4 Å². The molecule has 2 aromatic carbocycles. The fraction of sp³-hybridized carbons (Fsp3) is 0.462. The number of Topliss-reactive ketones (excluding diaryl/α,β-unsaturated/α-hetero) is 1. The van der Waals surface area contributed by atoms with E-state index >= 15 is 0 Å². The van der Waals surface area contributed by atoms with E-state index in [1.54, 1.807) is 7.11 Å². The number of morpholine rings is 1. The van der Waals surface area contributed by atoms with Gasteiger partial charge in [0.05, 0.1) is 31.0 Å². The number of ether oxygens (including phenoxy) is 2. The van der Waals surface area contributed by atoms with Gasteiger partial charge >= 0.3 is 0 Å². The van der Waals surface area contributed by atoms with Crippen molar-refractivity contribution in [2.24, 2.45) is 0 Å². The van der Waals surface area contributed by atoms with Gasteiger partial charge in [0.2, 0.25) is 5.82 Å². The highest BCUT2D eigenvalue weighted by Gasteiger charge is 2.27. The molecule has 0 unspecified atom stereocenters. The molecule has 1 aliphatic rings. The molecule has 4 rings (SSSR count). The second-order valence-corrected chi connectivity index (χ2v) is 10.1. The lowest BCUT2D eigenvalue weighted by molar-refractivity contribution is 0.0961. The van der Waals surface area contributed by atoms with E-state index in [1.165, 1.54) is 4.80 Å². The predicted octanol–water partition coefficient (Wildman–Crippen LogP) is 4.58. The number of anilines is 1. The minimum absolute atomic E-state index is 0.0316. The van der Waals surface area contributed by atoms with Crippen LogP contribution in [0.4, 0.5) is 5.69 Å². The van der Waals surface area contributed by atoms with Crippen LogP contribution in [0, 0.1) is 0 Å². The zero-order chi connectivity index (χ0) is 25.2. The molecule has 0 saturated carbocycles. The number of hydrogen-bond donors (Lipinski definition) is 0. The average molecular weight is 498 g/mol. The molecule has 0 bridgehead atoms. The fourth-order valence-electron chi connectivity index (χ4n) is 4.18. The first kappa shape index (κ1) is 25.1. The van der Waals surface area contributed by atoms with Crippen molar-refractivity contribution in [2.45, 2.75) is 46.1 Å². The third-order valence-electron chi connectivity index (χ3n) is 6.18. The molecule has 1 aliphatic heterocycles. The third-order valence-corrected chi connectivity index (χ3v) is 6.49. The van der Waals surface area contributed by atoms with Gasteiger partial charge in [0, 0.05) is 29.8 Å². The van der Waals surface area contributed by atoms with Crippen LogP contribution in [0.25, 0.3) is 11.4 Å². The van der Waals surface area contributed by atoms with Gasteiger partial charge in [-0.25, -0.2) is 0 Å². The van der Waals surface area contributed by atoms with Crippen molar-refractivity contribution in [3.05, 3.63) is 52.0 Å². The third kappa shape index (κ3) is 5.49. The molecular formula is C26H32ClN5O3. The maximum Gasteiger partial charge on any atom is 0.206 e. The predicted molar refractivity (Wildman–Crippen MR) is 137 cm³/mol. The van der Waals surface area contributed by atoms with Gasteiger partial charge in [-0.1, -0.05) is 45.4 Å². The number of benzene rings is 2. The molecule has 8 nitrogen and oxygen atoms in total. The lowest BCUT2D eigenvalue weighted by Crippen LogP contribution is -2.37. The monoisotopic (exact) mass is 497 g/mol. The Balaban J connectivity index is 1.64. The van der Waals surface area contributed by atoms with E-state index in [1.807, 2.05) is 30.3 Å². The number of methoxy groups -OCH3 is 1. The summed E-state index contributed by atoms with van der Waals surface area (Å²) in [5, 5.41) is 13.2. The van der Waals surface area contributed by atoms with Crippen molar-refractivity contribution in [3.63, 3.8) is 0 Å². The van der Waals surface area contributed by atoms with E-state index in [0.717, 1.165) is 42.1 Å². The van der Waals surface area contributed by atoms with E-state index < -0.39 is 0 Å². The number of hydrogen-bond acceptors (Lipinski definition) is 7. The normalized spacial score (nSPS) is 14.3.